The Hall–Kier alpha value is -1.62. The van der Waals surface area contributed by atoms with Crippen LogP contribution in [0.3, 0.4) is 0 Å². The summed E-state index contributed by atoms with van der Waals surface area (Å²) in [6, 6.07) is 6.01. The zero-order chi connectivity index (χ0) is 14.7. The summed E-state index contributed by atoms with van der Waals surface area (Å²) in [6.45, 7) is 4.91. The van der Waals surface area contributed by atoms with Gasteiger partial charge in [-0.25, -0.2) is 4.39 Å². The van der Waals surface area contributed by atoms with Gasteiger partial charge in [0.25, 0.3) is 0 Å². The third kappa shape index (κ3) is 2.77. The second-order valence-electron chi connectivity index (χ2n) is 5.42. The molecule has 1 saturated heterocycles. The van der Waals surface area contributed by atoms with E-state index >= 15 is 0 Å². The summed E-state index contributed by atoms with van der Waals surface area (Å²) in [7, 11) is 0. The van der Waals surface area contributed by atoms with Crippen LogP contribution in [0, 0.1) is 5.82 Å². The van der Waals surface area contributed by atoms with Gasteiger partial charge in [-0.05, 0) is 32.3 Å². The van der Waals surface area contributed by atoms with Gasteiger partial charge in [0.2, 0.25) is 0 Å². The van der Waals surface area contributed by atoms with Crippen molar-refractivity contribution in [3.8, 4) is 0 Å². The molecule has 110 valence electrons. The number of benzene rings is 1. The van der Waals surface area contributed by atoms with E-state index in [9.17, 15) is 4.39 Å². The molecule has 2 atom stereocenters. The van der Waals surface area contributed by atoms with Gasteiger partial charge in [0, 0.05) is 24.2 Å². The van der Waals surface area contributed by atoms with Gasteiger partial charge >= 0.3 is 0 Å². The van der Waals surface area contributed by atoms with Gasteiger partial charge in [0.15, 0.2) is 5.84 Å². The number of halogens is 1. The number of hydrogen-bond donors (Lipinski definition) is 2. The summed E-state index contributed by atoms with van der Waals surface area (Å²) < 4.78 is 14.4. The van der Waals surface area contributed by atoms with Crippen molar-refractivity contribution in [2.24, 2.45) is 10.9 Å². The molecule has 1 fully saturated rings. The van der Waals surface area contributed by atoms with Crippen LogP contribution in [-0.4, -0.2) is 28.0 Å². The first-order valence-electron chi connectivity index (χ1n) is 7.09. The molecule has 2 unspecified atom stereocenters. The fraction of sp³-hybridized carbons (Fsp3) is 0.533. The van der Waals surface area contributed by atoms with Crippen molar-refractivity contribution in [2.75, 3.05) is 0 Å². The van der Waals surface area contributed by atoms with Crippen LogP contribution >= 0.6 is 0 Å². The van der Waals surface area contributed by atoms with Crippen LogP contribution in [-0.2, 0) is 6.54 Å². The van der Waals surface area contributed by atoms with E-state index in [1.165, 1.54) is 12.5 Å². The first kappa shape index (κ1) is 14.8. The molecule has 3 N–H and O–H groups in total. The van der Waals surface area contributed by atoms with Gasteiger partial charge in [-0.1, -0.05) is 24.2 Å². The second-order valence-corrected chi connectivity index (χ2v) is 5.42. The smallest absolute Gasteiger partial charge is 0.173 e. The van der Waals surface area contributed by atoms with Crippen LogP contribution in [0.25, 0.3) is 0 Å². The molecule has 0 amide bonds. The monoisotopic (exact) mass is 279 g/mol. The molecule has 4 nitrogen and oxygen atoms in total. The zero-order valence-electron chi connectivity index (χ0n) is 12.0. The van der Waals surface area contributed by atoms with Gasteiger partial charge in [-0.15, -0.1) is 0 Å². The second kappa shape index (κ2) is 6.22. The average Bonchev–Trinajstić information content (AvgIpc) is 2.81. The van der Waals surface area contributed by atoms with Crippen molar-refractivity contribution >= 4 is 5.84 Å². The van der Waals surface area contributed by atoms with E-state index in [0.29, 0.717) is 24.2 Å². The number of likely N-dealkylation sites (tertiary alicyclic amines) is 1. The Kier molecular flexibility index (Phi) is 4.60. The van der Waals surface area contributed by atoms with Gasteiger partial charge in [-0.3, -0.25) is 4.90 Å². The Bertz CT molecular complexity index is 504. The van der Waals surface area contributed by atoms with Crippen LogP contribution in [0.4, 0.5) is 4.39 Å². The molecule has 0 aliphatic carbocycles. The van der Waals surface area contributed by atoms with Crippen molar-refractivity contribution in [3.63, 3.8) is 0 Å². The predicted octanol–water partition coefficient (Wildman–Crippen LogP) is 2.68. The van der Waals surface area contributed by atoms with E-state index in [2.05, 4.69) is 23.9 Å². The van der Waals surface area contributed by atoms with E-state index in [1.54, 1.807) is 12.1 Å². The summed E-state index contributed by atoms with van der Waals surface area (Å²) >= 11 is 0. The fourth-order valence-corrected chi connectivity index (χ4v) is 3.00. The molecule has 0 saturated carbocycles. The first-order chi connectivity index (χ1) is 9.58. The molecule has 5 heteroatoms. The normalized spacial score (nSPS) is 24.2. The molecule has 0 spiro atoms. The van der Waals surface area contributed by atoms with Crippen LogP contribution in [0.15, 0.2) is 23.4 Å². The molecular formula is C15H22FN3O. The maximum Gasteiger partial charge on any atom is 0.173 e. The molecule has 2 rings (SSSR count). The van der Waals surface area contributed by atoms with Crippen molar-refractivity contribution in [2.45, 2.75) is 51.7 Å². The molecule has 0 bridgehead atoms. The maximum atomic E-state index is 14.4. The molecular weight excluding hydrogens is 257 g/mol. The lowest BCUT2D eigenvalue weighted by Gasteiger charge is -2.28. The Morgan fingerprint density at radius 1 is 1.50 bits per heavy atom. The van der Waals surface area contributed by atoms with Gasteiger partial charge < -0.3 is 10.9 Å². The maximum absolute atomic E-state index is 14.4. The van der Waals surface area contributed by atoms with Crippen LogP contribution < -0.4 is 5.73 Å². The highest BCUT2D eigenvalue weighted by Gasteiger charge is 2.29. The quantitative estimate of drug-likeness (QED) is 0.385. The van der Waals surface area contributed by atoms with E-state index in [-0.39, 0.29) is 11.4 Å². The summed E-state index contributed by atoms with van der Waals surface area (Å²) in [6.07, 6.45) is 3.39. The number of nitrogens with zero attached hydrogens (tertiary/aromatic N) is 2. The number of amidine groups is 1. The number of oxime groups is 1. The Morgan fingerprint density at radius 3 is 2.90 bits per heavy atom. The van der Waals surface area contributed by atoms with E-state index in [0.717, 1.165) is 12.8 Å². The van der Waals surface area contributed by atoms with Crippen molar-refractivity contribution in [1.82, 2.24) is 4.90 Å². The lowest BCUT2D eigenvalue weighted by Crippen LogP contribution is -2.34. The number of hydrogen-bond acceptors (Lipinski definition) is 3. The molecule has 1 aliphatic rings. The third-order valence-corrected chi connectivity index (χ3v) is 4.24. The minimum Gasteiger partial charge on any atom is -0.409 e. The van der Waals surface area contributed by atoms with E-state index in [4.69, 9.17) is 10.9 Å². The summed E-state index contributed by atoms with van der Waals surface area (Å²) in [5, 5.41) is 11.6. The Balaban J connectivity index is 2.25. The highest BCUT2D eigenvalue weighted by molar-refractivity contribution is 5.97. The van der Waals surface area contributed by atoms with Crippen LogP contribution in [0.1, 0.15) is 44.2 Å². The topological polar surface area (TPSA) is 61.8 Å². The molecule has 1 aromatic rings. The minimum atomic E-state index is -0.392. The average molecular weight is 279 g/mol. The first-order valence-corrected chi connectivity index (χ1v) is 7.09. The fourth-order valence-electron chi connectivity index (χ4n) is 3.00. The summed E-state index contributed by atoms with van der Waals surface area (Å²) in [5.41, 5.74) is 6.26. The zero-order valence-corrected chi connectivity index (χ0v) is 12.0. The SMILES string of the molecule is CCC1CCC(C)N1Cc1cccc(/C(N)=N/O)c1F. The Labute approximate surface area is 119 Å². The molecule has 0 aromatic heterocycles. The Morgan fingerprint density at radius 2 is 2.25 bits per heavy atom. The van der Waals surface area contributed by atoms with E-state index < -0.39 is 5.82 Å². The van der Waals surface area contributed by atoms with Crippen molar-refractivity contribution < 1.29 is 9.60 Å². The summed E-state index contributed by atoms with van der Waals surface area (Å²) in [5.74, 6) is -0.581. The van der Waals surface area contributed by atoms with Crippen LogP contribution in [0.5, 0.6) is 0 Å². The summed E-state index contributed by atoms with van der Waals surface area (Å²) in [4.78, 5) is 2.34. The molecule has 1 aromatic carbocycles. The van der Waals surface area contributed by atoms with Gasteiger partial charge in [0.05, 0.1) is 5.56 Å². The lowest BCUT2D eigenvalue weighted by atomic mass is 10.1. The molecule has 1 heterocycles. The highest BCUT2D eigenvalue weighted by Crippen LogP contribution is 2.28. The molecule has 20 heavy (non-hydrogen) atoms. The van der Waals surface area contributed by atoms with Crippen LogP contribution in [0.2, 0.25) is 0 Å². The van der Waals surface area contributed by atoms with E-state index in [1.807, 2.05) is 0 Å². The third-order valence-electron chi connectivity index (χ3n) is 4.24. The predicted molar refractivity (Wildman–Crippen MR) is 77.2 cm³/mol. The number of rotatable bonds is 4. The van der Waals surface area contributed by atoms with Crippen molar-refractivity contribution in [1.29, 1.82) is 0 Å². The lowest BCUT2D eigenvalue weighted by molar-refractivity contribution is 0.187. The van der Waals surface area contributed by atoms with Crippen molar-refractivity contribution in [3.05, 3.63) is 35.1 Å². The standard InChI is InChI=1S/C15H22FN3O/c1-3-12-8-7-10(2)19(12)9-11-5-4-6-13(14(11)16)15(17)18-20/h4-6,10,12,20H,3,7-9H2,1-2H3,(H2,17,18). The van der Waals surface area contributed by atoms with Gasteiger partial charge in [-0.2, -0.15) is 0 Å². The number of nitrogens with two attached hydrogens (primary N) is 1. The molecule has 1 aliphatic heterocycles. The largest absolute Gasteiger partial charge is 0.409 e. The highest BCUT2D eigenvalue weighted by atomic mass is 19.1. The van der Waals surface area contributed by atoms with Gasteiger partial charge in [0.1, 0.15) is 5.82 Å². The molecule has 0 radical (unpaired) electrons. The minimum absolute atomic E-state index is 0.157.